The van der Waals surface area contributed by atoms with Gasteiger partial charge < -0.3 is 5.32 Å². The van der Waals surface area contributed by atoms with Crippen LogP contribution < -0.4 is 5.32 Å². The summed E-state index contributed by atoms with van der Waals surface area (Å²) in [5.74, 6) is 0.895. The van der Waals surface area contributed by atoms with Gasteiger partial charge in [0.25, 0.3) is 0 Å². The summed E-state index contributed by atoms with van der Waals surface area (Å²) in [6.07, 6.45) is 4.02. The molecule has 2 heteroatoms. The molecule has 0 aliphatic heterocycles. The smallest absolute Gasteiger partial charge is 0.130 e. The van der Waals surface area contributed by atoms with Crippen LogP contribution in [0, 0.1) is 0 Å². The Kier molecular flexibility index (Phi) is 3.76. The highest BCUT2D eigenvalue weighted by Crippen LogP contribution is 2.15. The van der Waals surface area contributed by atoms with E-state index in [0.717, 1.165) is 24.3 Å². The molecule has 0 aliphatic carbocycles. The van der Waals surface area contributed by atoms with Crippen molar-refractivity contribution in [1.82, 2.24) is 4.98 Å². The van der Waals surface area contributed by atoms with Crippen LogP contribution in [0.3, 0.4) is 0 Å². The molecule has 0 amide bonds. The van der Waals surface area contributed by atoms with E-state index in [1.54, 1.807) is 0 Å². The summed E-state index contributed by atoms with van der Waals surface area (Å²) >= 11 is 0. The molecule has 0 atom stereocenters. The molecule has 0 saturated carbocycles. The van der Waals surface area contributed by atoms with Gasteiger partial charge in [-0.15, -0.1) is 0 Å². The third-order valence-corrected chi connectivity index (χ3v) is 2.87. The zero-order valence-electron chi connectivity index (χ0n) is 10.4. The van der Waals surface area contributed by atoms with Crippen molar-refractivity contribution in [3.05, 3.63) is 53.7 Å². The number of rotatable bonds is 4. The topological polar surface area (TPSA) is 24.9 Å². The Labute approximate surface area is 103 Å². The first-order valence-electron chi connectivity index (χ1n) is 6.12. The van der Waals surface area contributed by atoms with E-state index in [1.165, 1.54) is 11.1 Å². The maximum absolute atomic E-state index is 4.38. The van der Waals surface area contributed by atoms with Crippen molar-refractivity contribution in [1.29, 1.82) is 0 Å². The van der Waals surface area contributed by atoms with Gasteiger partial charge in [0.1, 0.15) is 5.82 Å². The predicted octanol–water partition coefficient (Wildman–Crippen LogP) is 3.95. The Bertz CT molecular complexity index is 412. The number of benzene rings is 1. The predicted molar refractivity (Wildman–Crippen MR) is 72.7 cm³/mol. The Hall–Kier alpha value is -1.83. The van der Waals surface area contributed by atoms with Gasteiger partial charge in [-0.3, -0.25) is 0 Å². The lowest BCUT2D eigenvalue weighted by molar-refractivity contribution is 1.10. The molecule has 1 heterocycles. The first kappa shape index (κ1) is 11.6. The van der Waals surface area contributed by atoms with Gasteiger partial charge in [-0.25, -0.2) is 4.98 Å². The van der Waals surface area contributed by atoms with Crippen LogP contribution in [0.1, 0.15) is 25.0 Å². The van der Waals surface area contributed by atoms with Crippen molar-refractivity contribution in [2.24, 2.45) is 0 Å². The van der Waals surface area contributed by atoms with Crippen molar-refractivity contribution in [3.8, 4) is 0 Å². The Morgan fingerprint density at radius 1 is 0.882 bits per heavy atom. The molecule has 0 unspecified atom stereocenters. The van der Waals surface area contributed by atoms with E-state index in [-0.39, 0.29) is 0 Å². The second kappa shape index (κ2) is 5.48. The average molecular weight is 226 g/mol. The third-order valence-electron chi connectivity index (χ3n) is 2.87. The molecule has 0 saturated heterocycles. The second-order valence-electron chi connectivity index (χ2n) is 4.08. The van der Waals surface area contributed by atoms with E-state index in [4.69, 9.17) is 0 Å². The average Bonchev–Trinajstić information content (AvgIpc) is 2.40. The summed E-state index contributed by atoms with van der Waals surface area (Å²) in [6.45, 7) is 4.29. The maximum atomic E-state index is 4.38. The summed E-state index contributed by atoms with van der Waals surface area (Å²) < 4.78 is 0. The Balaban J connectivity index is 2.08. The molecule has 0 bridgehead atoms. The summed E-state index contributed by atoms with van der Waals surface area (Å²) in [5.41, 5.74) is 3.70. The number of aromatic nitrogens is 1. The number of anilines is 2. The van der Waals surface area contributed by atoms with Crippen LogP contribution in [0.5, 0.6) is 0 Å². The van der Waals surface area contributed by atoms with E-state index in [1.807, 2.05) is 12.3 Å². The second-order valence-corrected chi connectivity index (χ2v) is 4.08. The SMILES string of the molecule is CCc1ccc(Nc2ccc(CC)cn2)cc1. The fourth-order valence-corrected chi connectivity index (χ4v) is 1.68. The van der Waals surface area contributed by atoms with Crippen molar-refractivity contribution >= 4 is 11.5 Å². The quantitative estimate of drug-likeness (QED) is 0.853. The van der Waals surface area contributed by atoms with Crippen LogP contribution in [-0.2, 0) is 12.8 Å². The fourth-order valence-electron chi connectivity index (χ4n) is 1.68. The van der Waals surface area contributed by atoms with Crippen molar-refractivity contribution in [3.63, 3.8) is 0 Å². The molecule has 0 fully saturated rings. The largest absolute Gasteiger partial charge is 0.340 e. The molecule has 0 spiro atoms. The number of aryl methyl sites for hydroxylation is 2. The normalized spacial score (nSPS) is 10.2. The highest BCUT2D eigenvalue weighted by molar-refractivity contribution is 5.56. The van der Waals surface area contributed by atoms with Gasteiger partial charge in [-0.2, -0.15) is 0 Å². The van der Waals surface area contributed by atoms with Gasteiger partial charge in [-0.05, 0) is 42.2 Å². The highest BCUT2D eigenvalue weighted by Gasteiger charge is 1.96. The molecule has 0 aliphatic rings. The molecule has 2 nitrogen and oxygen atoms in total. The van der Waals surface area contributed by atoms with Gasteiger partial charge in [-0.1, -0.05) is 32.0 Å². The first-order valence-corrected chi connectivity index (χ1v) is 6.12. The van der Waals surface area contributed by atoms with E-state index < -0.39 is 0 Å². The molecular formula is C15H18N2. The van der Waals surface area contributed by atoms with E-state index in [2.05, 4.69) is 54.5 Å². The van der Waals surface area contributed by atoms with Crippen LogP contribution in [0.25, 0.3) is 0 Å². The molecule has 17 heavy (non-hydrogen) atoms. The van der Waals surface area contributed by atoms with Gasteiger partial charge >= 0.3 is 0 Å². The molecule has 2 rings (SSSR count). The minimum Gasteiger partial charge on any atom is -0.340 e. The fraction of sp³-hybridized carbons (Fsp3) is 0.267. The van der Waals surface area contributed by atoms with Gasteiger partial charge in [0.05, 0.1) is 0 Å². The van der Waals surface area contributed by atoms with E-state index in [0.29, 0.717) is 0 Å². The highest BCUT2D eigenvalue weighted by atomic mass is 15.0. The lowest BCUT2D eigenvalue weighted by Gasteiger charge is -2.06. The standard InChI is InChI=1S/C15H18N2/c1-3-12-5-8-14(9-6-12)17-15-10-7-13(4-2)11-16-15/h5-11H,3-4H2,1-2H3,(H,16,17). The van der Waals surface area contributed by atoms with Crippen LogP contribution in [-0.4, -0.2) is 4.98 Å². The maximum Gasteiger partial charge on any atom is 0.130 e. The van der Waals surface area contributed by atoms with Crippen molar-refractivity contribution in [2.75, 3.05) is 5.32 Å². The monoisotopic (exact) mass is 226 g/mol. The van der Waals surface area contributed by atoms with Crippen molar-refractivity contribution in [2.45, 2.75) is 26.7 Å². The lowest BCUT2D eigenvalue weighted by Crippen LogP contribution is -1.94. The number of hydrogen-bond acceptors (Lipinski definition) is 2. The van der Waals surface area contributed by atoms with Gasteiger partial charge in [0, 0.05) is 11.9 Å². The number of pyridine rings is 1. The minimum absolute atomic E-state index is 0.895. The van der Waals surface area contributed by atoms with Crippen LogP contribution in [0.4, 0.5) is 11.5 Å². The zero-order valence-corrected chi connectivity index (χ0v) is 10.4. The number of hydrogen-bond donors (Lipinski definition) is 1. The first-order chi connectivity index (χ1) is 8.31. The molecular weight excluding hydrogens is 208 g/mol. The summed E-state index contributed by atoms with van der Waals surface area (Å²) in [7, 11) is 0. The van der Waals surface area contributed by atoms with E-state index >= 15 is 0 Å². The van der Waals surface area contributed by atoms with Gasteiger partial charge in [0.2, 0.25) is 0 Å². The number of nitrogens with one attached hydrogen (secondary N) is 1. The number of nitrogens with zero attached hydrogens (tertiary/aromatic N) is 1. The third kappa shape index (κ3) is 3.06. The summed E-state index contributed by atoms with van der Waals surface area (Å²) in [4.78, 5) is 4.38. The summed E-state index contributed by atoms with van der Waals surface area (Å²) in [5, 5.41) is 3.30. The minimum atomic E-state index is 0.895. The zero-order chi connectivity index (χ0) is 12.1. The lowest BCUT2D eigenvalue weighted by atomic mass is 10.1. The molecule has 1 N–H and O–H groups in total. The Morgan fingerprint density at radius 2 is 1.53 bits per heavy atom. The summed E-state index contributed by atoms with van der Waals surface area (Å²) in [6, 6.07) is 12.6. The molecule has 88 valence electrons. The van der Waals surface area contributed by atoms with Gasteiger partial charge in [0.15, 0.2) is 0 Å². The van der Waals surface area contributed by atoms with Crippen LogP contribution >= 0.6 is 0 Å². The van der Waals surface area contributed by atoms with Crippen LogP contribution in [0.2, 0.25) is 0 Å². The van der Waals surface area contributed by atoms with Crippen LogP contribution in [0.15, 0.2) is 42.6 Å². The molecule has 0 radical (unpaired) electrons. The molecule has 1 aromatic carbocycles. The Morgan fingerprint density at radius 3 is 2.06 bits per heavy atom. The molecule has 1 aromatic heterocycles. The molecule has 2 aromatic rings. The van der Waals surface area contributed by atoms with Crippen molar-refractivity contribution < 1.29 is 0 Å². The van der Waals surface area contributed by atoms with E-state index in [9.17, 15) is 0 Å².